The minimum atomic E-state index is -0.360. The largest absolute Gasteiger partial charge is 0.355 e. The summed E-state index contributed by atoms with van der Waals surface area (Å²) >= 11 is 0. The molecule has 0 radical (unpaired) electrons. The van der Waals surface area contributed by atoms with E-state index in [1.165, 1.54) is 5.56 Å². The molecular weight excluding hydrogens is 340 g/mol. The number of carbonyl (C=O) groups excluding carboxylic acids is 1. The summed E-state index contributed by atoms with van der Waals surface area (Å²) in [7, 11) is 0. The summed E-state index contributed by atoms with van der Waals surface area (Å²) in [6, 6.07) is 21.1. The van der Waals surface area contributed by atoms with Crippen LogP contribution in [-0.2, 0) is 6.54 Å². The molecule has 2 heterocycles. The van der Waals surface area contributed by atoms with E-state index < -0.39 is 0 Å². The third-order valence-electron chi connectivity index (χ3n) is 4.11. The molecule has 0 unspecified atom stereocenters. The van der Waals surface area contributed by atoms with Crippen LogP contribution in [0.2, 0.25) is 0 Å². The zero-order valence-corrected chi connectivity index (χ0v) is 14.8. The van der Waals surface area contributed by atoms with E-state index in [-0.39, 0.29) is 11.6 Å². The van der Waals surface area contributed by atoms with Gasteiger partial charge in [0.25, 0.3) is 5.91 Å². The van der Waals surface area contributed by atoms with Gasteiger partial charge in [0.05, 0.1) is 6.54 Å². The van der Waals surface area contributed by atoms with Crippen molar-refractivity contribution in [1.29, 1.82) is 0 Å². The predicted molar refractivity (Wildman–Crippen MR) is 102 cm³/mol. The molecule has 0 aliphatic heterocycles. The van der Waals surface area contributed by atoms with Crippen LogP contribution in [0.3, 0.4) is 0 Å². The first-order chi connectivity index (χ1) is 13.2. The standard InChI is InChI=1S/C21H18N4O2/c1-15-6-5-7-16(12-15)14-25-11-10-20(23-25)22-21(26)18-13-19(27-24-18)17-8-3-2-4-9-17/h2-13H,14H2,1H3,(H,22,23,26). The highest BCUT2D eigenvalue weighted by atomic mass is 16.5. The lowest BCUT2D eigenvalue weighted by molar-refractivity contribution is 0.101. The number of amides is 1. The Morgan fingerprint density at radius 3 is 2.74 bits per heavy atom. The molecule has 2 aromatic carbocycles. The number of nitrogens with zero attached hydrogens (tertiary/aromatic N) is 3. The number of nitrogens with one attached hydrogen (secondary N) is 1. The molecule has 4 aromatic rings. The molecule has 0 aliphatic carbocycles. The number of hydrogen-bond acceptors (Lipinski definition) is 4. The molecule has 134 valence electrons. The van der Waals surface area contributed by atoms with Crippen LogP contribution in [0.5, 0.6) is 0 Å². The zero-order valence-electron chi connectivity index (χ0n) is 14.8. The Labute approximate surface area is 156 Å². The highest BCUT2D eigenvalue weighted by molar-refractivity contribution is 6.02. The quantitative estimate of drug-likeness (QED) is 0.582. The average molecular weight is 358 g/mol. The van der Waals surface area contributed by atoms with Gasteiger partial charge in [-0.1, -0.05) is 65.3 Å². The van der Waals surface area contributed by atoms with Gasteiger partial charge >= 0.3 is 0 Å². The van der Waals surface area contributed by atoms with Gasteiger partial charge in [-0.2, -0.15) is 5.10 Å². The highest BCUT2D eigenvalue weighted by Gasteiger charge is 2.15. The third-order valence-corrected chi connectivity index (χ3v) is 4.11. The fourth-order valence-electron chi connectivity index (χ4n) is 2.82. The van der Waals surface area contributed by atoms with E-state index in [4.69, 9.17) is 4.52 Å². The smallest absolute Gasteiger partial charge is 0.279 e. The summed E-state index contributed by atoms with van der Waals surface area (Å²) in [5.41, 5.74) is 3.43. The molecule has 0 saturated heterocycles. The molecule has 0 aliphatic rings. The minimum Gasteiger partial charge on any atom is -0.355 e. The Balaban J connectivity index is 1.43. The van der Waals surface area contributed by atoms with E-state index in [2.05, 4.69) is 34.6 Å². The Morgan fingerprint density at radius 2 is 1.93 bits per heavy atom. The van der Waals surface area contributed by atoms with Crippen molar-refractivity contribution in [3.05, 3.63) is 89.7 Å². The van der Waals surface area contributed by atoms with Crippen molar-refractivity contribution in [2.45, 2.75) is 13.5 Å². The van der Waals surface area contributed by atoms with Crippen LogP contribution in [-0.4, -0.2) is 20.8 Å². The molecule has 1 N–H and O–H groups in total. The van der Waals surface area contributed by atoms with Crippen molar-refractivity contribution >= 4 is 11.7 Å². The molecule has 6 heteroatoms. The van der Waals surface area contributed by atoms with Gasteiger partial charge in [-0.3, -0.25) is 9.48 Å². The van der Waals surface area contributed by atoms with E-state index >= 15 is 0 Å². The van der Waals surface area contributed by atoms with Crippen LogP contribution in [0, 0.1) is 6.92 Å². The zero-order chi connectivity index (χ0) is 18.6. The molecule has 0 fully saturated rings. The molecule has 0 spiro atoms. The van der Waals surface area contributed by atoms with Crippen LogP contribution < -0.4 is 5.32 Å². The first-order valence-corrected chi connectivity index (χ1v) is 8.60. The summed E-state index contributed by atoms with van der Waals surface area (Å²) in [4.78, 5) is 12.4. The molecule has 0 bridgehead atoms. The fraction of sp³-hybridized carbons (Fsp3) is 0.0952. The number of aromatic nitrogens is 3. The van der Waals surface area contributed by atoms with Gasteiger partial charge in [-0.05, 0) is 12.5 Å². The lowest BCUT2D eigenvalue weighted by Gasteiger charge is -2.03. The van der Waals surface area contributed by atoms with Crippen LogP contribution >= 0.6 is 0 Å². The lowest BCUT2D eigenvalue weighted by Crippen LogP contribution is -2.13. The van der Waals surface area contributed by atoms with Gasteiger partial charge < -0.3 is 9.84 Å². The maximum atomic E-state index is 12.4. The van der Waals surface area contributed by atoms with Gasteiger partial charge in [-0.25, -0.2) is 0 Å². The van der Waals surface area contributed by atoms with E-state index in [1.807, 2.05) is 48.7 Å². The number of hydrogen-bond donors (Lipinski definition) is 1. The summed E-state index contributed by atoms with van der Waals surface area (Å²) < 4.78 is 7.05. The Kier molecular flexibility index (Phi) is 4.53. The van der Waals surface area contributed by atoms with Crippen molar-refractivity contribution in [2.75, 3.05) is 5.32 Å². The molecule has 27 heavy (non-hydrogen) atoms. The summed E-state index contributed by atoms with van der Waals surface area (Å²) in [6.45, 7) is 2.69. The molecule has 6 nitrogen and oxygen atoms in total. The molecule has 2 aromatic heterocycles. The third kappa shape index (κ3) is 3.95. The van der Waals surface area contributed by atoms with Crippen molar-refractivity contribution < 1.29 is 9.32 Å². The minimum absolute atomic E-state index is 0.210. The monoisotopic (exact) mass is 358 g/mol. The van der Waals surface area contributed by atoms with Crippen LogP contribution in [0.25, 0.3) is 11.3 Å². The molecule has 4 rings (SSSR count). The first kappa shape index (κ1) is 16.8. The molecular formula is C21H18N4O2. The molecule has 1 amide bonds. The molecule has 0 atom stereocenters. The average Bonchev–Trinajstić information content (AvgIpc) is 3.32. The number of carbonyl (C=O) groups is 1. The molecule has 0 saturated carbocycles. The first-order valence-electron chi connectivity index (χ1n) is 8.60. The van der Waals surface area contributed by atoms with E-state index in [0.717, 1.165) is 11.1 Å². The number of benzene rings is 2. The summed E-state index contributed by atoms with van der Waals surface area (Å²) in [5.74, 6) is 0.657. The van der Waals surface area contributed by atoms with Crippen molar-refractivity contribution in [3.8, 4) is 11.3 Å². The van der Waals surface area contributed by atoms with Gasteiger partial charge in [-0.15, -0.1) is 0 Å². The van der Waals surface area contributed by atoms with E-state index in [0.29, 0.717) is 18.1 Å². The van der Waals surface area contributed by atoms with Gasteiger partial charge in [0, 0.05) is 23.9 Å². The topological polar surface area (TPSA) is 73.0 Å². The maximum Gasteiger partial charge on any atom is 0.279 e. The number of anilines is 1. The Morgan fingerprint density at radius 1 is 1.07 bits per heavy atom. The lowest BCUT2D eigenvalue weighted by atomic mass is 10.1. The normalized spacial score (nSPS) is 10.7. The van der Waals surface area contributed by atoms with E-state index in [1.54, 1.807) is 16.8 Å². The Bertz CT molecular complexity index is 1070. The predicted octanol–water partition coefficient (Wildman–Crippen LogP) is 4.15. The van der Waals surface area contributed by atoms with Gasteiger partial charge in [0.2, 0.25) is 0 Å². The number of aryl methyl sites for hydroxylation is 1. The second-order valence-electron chi connectivity index (χ2n) is 6.28. The van der Waals surface area contributed by atoms with Crippen LogP contribution in [0.1, 0.15) is 21.6 Å². The van der Waals surface area contributed by atoms with Crippen molar-refractivity contribution in [2.24, 2.45) is 0 Å². The van der Waals surface area contributed by atoms with E-state index in [9.17, 15) is 4.79 Å². The summed E-state index contributed by atoms with van der Waals surface area (Å²) in [5, 5.41) is 11.0. The highest BCUT2D eigenvalue weighted by Crippen LogP contribution is 2.20. The SMILES string of the molecule is Cc1cccc(Cn2ccc(NC(=O)c3cc(-c4ccccc4)on3)n2)c1. The Hall–Kier alpha value is -3.67. The van der Waals surface area contributed by atoms with Gasteiger partial charge in [0.1, 0.15) is 0 Å². The fourth-order valence-corrected chi connectivity index (χ4v) is 2.82. The van der Waals surface area contributed by atoms with Crippen molar-refractivity contribution in [3.63, 3.8) is 0 Å². The number of rotatable bonds is 5. The van der Waals surface area contributed by atoms with Crippen LogP contribution in [0.15, 0.2) is 77.4 Å². The van der Waals surface area contributed by atoms with Gasteiger partial charge in [0.15, 0.2) is 17.3 Å². The second kappa shape index (κ2) is 7.29. The second-order valence-corrected chi connectivity index (χ2v) is 6.28. The maximum absolute atomic E-state index is 12.4. The summed E-state index contributed by atoms with van der Waals surface area (Å²) in [6.07, 6.45) is 1.83. The van der Waals surface area contributed by atoms with Crippen molar-refractivity contribution in [1.82, 2.24) is 14.9 Å². The van der Waals surface area contributed by atoms with Crippen LogP contribution in [0.4, 0.5) is 5.82 Å².